The molecule has 2 aliphatic rings. The average molecular weight is 414 g/mol. The molecule has 0 radical (unpaired) electrons. The Kier molecular flexibility index (Phi) is 8.73. The van der Waals surface area contributed by atoms with E-state index in [9.17, 15) is 9.59 Å². The van der Waals surface area contributed by atoms with Crippen LogP contribution in [0.4, 0.5) is 0 Å². The molecule has 6 nitrogen and oxygen atoms in total. The van der Waals surface area contributed by atoms with Gasteiger partial charge in [0.1, 0.15) is 5.75 Å². The normalized spacial score (nSPS) is 20.0. The Bertz CT molecular complexity index is 632. The van der Waals surface area contributed by atoms with Crippen LogP contribution in [0.1, 0.15) is 23.7 Å². The molecule has 3 rings (SSSR count). The molecule has 8 heteroatoms. The number of benzene rings is 1. The number of nitrogens with one attached hydrogen (secondary N) is 1. The molecule has 1 N–H and O–H groups in total. The number of carbonyl (C=O) groups is 2. The number of rotatable bonds is 5. The standard InChI is InChI=1S/C19H27N3O3S.ClH/c1-2-25-17-6-4-3-5-16(17)19(24)22-10-8-21(9-11-22)18(23)13-15-14-26-12-7-20-15;/h3-6,15,20H,2,7-14H2,1H3;1H. The van der Waals surface area contributed by atoms with Crippen molar-refractivity contribution < 1.29 is 14.3 Å². The number of para-hydroxylation sites is 1. The first-order chi connectivity index (χ1) is 12.7. The van der Waals surface area contributed by atoms with Gasteiger partial charge < -0.3 is 19.9 Å². The molecule has 27 heavy (non-hydrogen) atoms. The highest BCUT2D eigenvalue weighted by Crippen LogP contribution is 2.21. The summed E-state index contributed by atoms with van der Waals surface area (Å²) < 4.78 is 5.57. The zero-order valence-electron chi connectivity index (χ0n) is 15.7. The van der Waals surface area contributed by atoms with E-state index < -0.39 is 0 Å². The molecule has 150 valence electrons. The van der Waals surface area contributed by atoms with Crippen LogP contribution in [0, 0.1) is 0 Å². The molecule has 0 aromatic heterocycles. The van der Waals surface area contributed by atoms with E-state index in [-0.39, 0.29) is 30.3 Å². The van der Waals surface area contributed by atoms with Gasteiger partial charge in [0, 0.05) is 56.7 Å². The molecule has 2 heterocycles. The van der Waals surface area contributed by atoms with Gasteiger partial charge in [0.25, 0.3) is 5.91 Å². The lowest BCUT2D eigenvalue weighted by molar-refractivity contribution is -0.133. The minimum atomic E-state index is -0.0218. The van der Waals surface area contributed by atoms with Crippen molar-refractivity contribution in [1.29, 1.82) is 0 Å². The Morgan fingerprint density at radius 3 is 2.56 bits per heavy atom. The third-order valence-corrected chi connectivity index (χ3v) is 5.89. The van der Waals surface area contributed by atoms with Crippen LogP contribution in [0.5, 0.6) is 5.75 Å². The molecule has 0 aliphatic carbocycles. The summed E-state index contributed by atoms with van der Waals surface area (Å²) in [6.07, 6.45) is 0.550. The topological polar surface area (TPSA) is 61.9 Å². The summed E-state index contributed by atoms with van der Waals surface area (Å²) in [6.45, 7) is 5.74. The molecule has 0 spiro atoms. The molecule has 1 aromatic rings. The van der Waals surface area contributed by atoms with Gasteiger partial charge >= 0.3 is 0 Å². The van der Waals surface area contributed by atoms with Gasteiger partial charge in [-0.15, -0.1) is 12.4 Å². The molecule has 2 amide bonds. The van der Waals surface area contributed by atoms with Gasteiger partial charge in [-0.3, -0.25) is 9.59 Å². The van der Waals surface area contributed by atoms with Crippen molar-refractivity contribution in [3.63, 3.8) is 0 Å². The summed E-state index contributed by atoms with van der Waals surface area (Å²) in [5.74, 6) is 2.91. The van der Waals surface area contributed by atoms with E-state index >= 15 is 0 Å². The molecule has 1 unspecified atom stereocenters. The van der Waals surface area contributed by atoms with Crippen LogP contribution in [0.25, 0.3) is 0 Å². The number of halogens is 1. The minimum absolute atomic E-state index is 0. The molecule has 1 atom stereocenters. The highest BCUT2D eigenvalue weighted by atomic mass is 35.5. The molecule has 0 saturated carbocycles. The van der Waals surface area contributed by atoms with Crippen LogP contribution in [0.15, 0.2) is 24.3 Å². The lowest BCUT2D eigenvalue weighted by atomic mass is 10.1. The summed E-state index contributed by atoms with van der Waals surface area (Å²) in [5, 5.41) is 3.41. The van der Waals surface area contributed by atoms with Crippen LogP contribution in [-0.2, 0) is 4.79 Å². The Balaban J connectivity index is 0.00000261. The van der Waals surface area contributed by atoms with Gasteiger partial charge in [-0.25, -0.2) is 0 Å². The SMILES string of the molecule is CCOc1ccccc1C(=O)N1CCN(C(=O)CC2CSCCN2)CC1.Cl. The molecular formula is C19H28ClN3O3S. The fourth-order valence-electron chi connectivity index (χ4n) is 3.34. The third-order valence-electron chi connectivity index (χ3n) is 4.76. The van der Waals surface area contributed by atoms with Crippen molar-refractivity contribution in [2.45, 2.75) is 19.4 Å². The number of nitrogens with zero attached hydrogens (tertiary/aromatic N) is 2. The van der Waals surface area contributed by atoms with Crippen molar-refractivity contribution in [2.75, 3.05) is 50.8 Å². The first-order valence-electron chi connectivity index (χ1n) is 9.29. The Labute approximate surface area is 171 Å². The Morgan fingerprint density at radius 1 is 1.19 bits per heavy atom. The highest BCUT2D eigenvalue weighted by Gasteiger charge is 2.27. The Hall–Kier alpha value is -1.44. The fraction of sp³-hybridized carbons (Fsp3) is 0.579. The van der Waals surface area contributed by atoms with Crippen molar-refractivity contribution in [1.82, 2.24) is 15.1 Å². The van der Waals surface area contributed by atoms with Crippen LogP contribution in [0.3, 0.4) is 0 Å². The lowest BCUT2D eigenvalue weighted by Gasteiger charge is -2.36. The number of amides is 2. The molecule has 0 bridgehead atoms. The molecule has 1 aromatic carbocycles. The smallest absolute Gasteiger partial charge is 0.257 e. The van der Waals surface area contributed by atoms with Crippen molar-refractivity contribution in [3.8, 4) is 5.75 Å². The van der Waals surface area contributed by atoms with Crippen molar-refractivity contribution in [2.24, 2.45) is 0 Å². The van der Waals surface area contributed by atoms with E-state index in [0.717, 1.165) is 18.1 Å². The zero-order chi connectivity index (χ0) is 18.4. The number of carbonyl (C=O) groups excluding carboxylic acids is 2. The maximum Gasteiger partial charge on any atom is 0.257 e. The second kappa shape index (κ2) is 10.8. The van der Waals surface area contributed by atoms with Gasteiger partial charge in [0.15, 0.2) is 0 Å². The number of hydrogen-bond acceptors (Lipinski definition) is 5. The monoisotopic (exact) mass is 413 g/mol. The zero-order valence-corrected chi connectivity index (χ0v) is 17.3. The van der Waals surface area contributed by atoms with E-state index in [1.165, 1.54) is 0 Å². The second-order valence-electron chi connectivity index (χ2n) is 6.53. The van der Waals surface area contributed by atoms with Gasteiger partial charge in [0.2, 0.25) is 5.91 Å². The van der Waals surface area contributed by atoms with Crippen molar-refractivity contribution >= 4 is 36.0 Å². The number of ether oxygens (including phenoxy) is 1. The molecule has 2 saturated heterocycles. The van der Waals surface area contributed by atoms with E-state index in [4.69, 9.17) is 4.74 Å². The molecular weight excluding hydrogens is 386 g/mol. The van der Waals surface area contributed by atoms with Crippen LogP contribution in [0.2, 0.25) is 0 Å². The first-order valence-corrected chi connectivity index (χ1v) is 10.4. The first kappa shape index (κ1) is 21.9. The number of piperazine rings is 1. The number of hydrogen-bond donors (Lipinski definition) is 1. The maximum absolute atomic E-state index is 12.8. The van der Waals surface area contributed by atoms with Gasteiger partial charge in [-0.2, -0.15) is 11.8 Å². The summed E-state index contributed by atoms with van der Waals surface area (Å²) in [4.78, 5) is 29.0. The average Bonchev–Trinajstić information content (AvgIpc) is 2.69. The van der Waals surface area contributed by atoms with Crippen LogP contribution >= 0.6 is 24.2 Å². The van der Waals surface area contributed by atoms with E-state index in [0.29, 0.717) is 50.5 Å². The molecule has 2 fully saturated rings. The predicted octanol–water partition coefficient (Wildman–Crippen LogP) is 1.89. The second-order valence-corrected chi connectivity index (χ2v) is 7.68. The third kappa shape index (κ3) is 5.77. The summed E-state index contributed by atoms with van der Waals surface area (Å²) in [5.41, 5.74) is 0.595. The predicted molar refractivity (Wildman–Crippen MR) is 111 cm³/mol. The van der Waals surface area contributed by atoms with E-state index in [2.05, 4.69) is 5.32 Å². The van der Waals surface area contributed by atoms with E-state index in [1.807, 2.05) is 46.7 Å². The van der Waals surface area contributed by atoms with E-state index in [1.54, 1.807) is 6.07 Å². The fourth-order valence-corrected chi connectivity index (χ4v) is 4.29. The summed E-state index contributed by atoms with van der Waals surface area (Å²) >= 11 is 1.90. The highest BCUT2D eigenvalue weighted by molar-refractivity contribution is 7.99. The summed E-state index contributed by atoms with van der Waals surface area (Å²) in [7, 11) is 0. The van der Waals surface area contributed by atoms with Gasteiger partial charge in [0.05, 0.1) is 12.2 Å². The summed E-state index contributed by atoms with van der Waals surface area (Å²) in [6, 6.07) is 7.63. The van der Waals surface area contributed by atoms with Gasteiger partial charge in [-0.1, -0.05) is 12.1 Å². The van der Waals surface area contributed by atoms with Crippen LogP contribution in [-0.4, -0.2) is 78.5 Å². The largest absolute Gasteiger partial charge is 0.493 e. The maximum atomic E-state index is 12.8. The minimum Gasteiger partial charge on any atom is -0.493 e. The van der Waals surface area contributed by atoms with Gasteiger partial charge in [-0.05, 0) is 19.1 Å². The van der Waals surface area contributed by atoms with Crippen LogP contribution < -0.4 is 10.1 Å². The lowest BCUT2D eigenvalue weighted by Crippen LogP contribution is -2.52. The van der Waals surface area contributed by atoms with Crippen molar-refractivity contribution in [3.05, 3.63) is 29.8 Å². The quantitative estimate of drug-likeness (QED) is 0.798. The molecule has 2 aliphatic heterocycles. The Morgan fingerprint density at radius 2 is 1.89 bits per heavy atom. The number of thioether (sulfide) groups is 1.